The number of benzene rings is 1. The lowest BCUT2D eigenvalue weighted by atomic mass is 10.1. The van der Waals surface area contributed by atoms with Crippen LogP contribution in [0.4, 0.5) is 0 Å². The fourth-order valence-corrected chi connectivity index (χ4v) is 4.59. The fourth-order valence-electron chi connectivity index (χ4n) is 2.46. The molecule has 0 bridgehead atoms. The van der Waals surface area contributed by atoms with Crippen molar-refractivity contribution in [2.75, 3.05) is 0 Å². The maximum Gasteiger partial charge on any atom is 0.275 e. The van der Waals surface area contributed by atoms with Gasteiger partial charge in [-0.3, -0.25) is 4.79 Å². The van der Waals surface area contributed by atoms with Crippen molar-refractivity contribution in [2.24, 2.45) is 0 Å². The maximum atomic E-state index is 12.1. The van der Waals surface area contributed by atoms with Gasteiger partial charge in [-0.15, -0.1) is 11.3 Å². The number of fused-ring (bicyclic) bond motifs is 1. The van der Waals surface area contributed by atoms with Gasteiger partial charge in [-0.2, -0.15) is 0 Å². The summed E-state index contributed by atoms with van der Waals surface area (Å²) in [5, 5.41) is 1.70. The molecule has 0 spiro atoms. The normalized spacial score (nSPS) is 11.8. The van der Waals surface area contributed by atoms with Gasteiger partial charge in [0.25, 0.3) is 10.0 Å². The number of amides is 1. The predicted octanol–water partition coefficient (Wildman–Crippen LogP) is 2.68. The van der Waals surface area contributed by atoms with E-state index in [1.165, 1.54) is 6.20 Å². The van der Waals surface area contributed by atoms with Gasteiger partial charge < -0.3 is 4.98 Å². The maximum absolute atomic E-state index is 12.1. The van der Waals surface area contributed by atoms with E-state index < -0.39 is 15.9 Å². The molecule has 3 aromatic rings. The van der Waals surface area contributed by atoms with E-state index in [-0.39, 0.29) is 10.6 Å². The minimum Gasteiger partial charge on any atom is -0.361 e. The van der Waals surface area contributed by atoms with Crippen molar-refractivity contribution < 1.29 is 13.2 Å². The number of hydrogen-bond donors (Lipinski definition) is 2. The Kier molecular flexibility index (Phi) is 4.42. The third-order valence-electron chi connectivity index (χ3n) is 3.66. The first-order chi connectivity index (χ1) is 11.3. The summed E-state index contributed by atoms with van der Waals surface area (Å²) in [4.78, 5) is 19.1. The van der Waals surface area contributed by atoms with E-state index in [4.69, 9.17) is 0 Å². The number of carbonyl (C=O) groups is 1. The van der Waals surface area contributed by atoms with Crippen molar-refractivity contribution in [2.45, 2.75) is 30.9 Å². The molecule has 8 heteroatoms. The monoisotopic (exact) mass is 363 g/mol. The lowest BCUT2D eigenvalue weighted by molar-refractivity contribution is -0.119. The van der Waals surface area contributed by atoms with Crippen molar-refractivity contribution in [3.05, 3.63) is 46.7 Å². The van der Waals surface area contributed by atoms with E-state index in [0.717, 1.165) is 33.4 Å². The molecule has 24 heavy (non-hydrogen) atoms. The summed E-state index contributed by atoms with van der Waals surface area (Å²) in [5.41, 5.74) is 3.13. The van der Waals surface area contributed by atoms with Gasteiger partial charge in [-0.25, -0.2) is 18.1 Å². The van der Waals surface area contributed by atoms with Gasteiger partial charge in [0.2, 0.25) is 5.91 Å². The van der Waals surface area contributed by atoms with E-state index >= 15 is 0 Å². The summed E-state index contributed by atoms with van der Waals surface area (Å²) in [6, 6.07) is 6.06. The van der Waals surface area contributed by atoms with Gasteiger partial charge in [0.05, 0.1) is 11.2 Å². The molecule has 1 amide bonds. The molecule has 0 fully saturated rings. The van der Waals surface area contributed by atoms with Gasteiger partial charge in [0, 0.05) is 23.5 Å². The van der Waals surface area contributed by atoms with Gasteiger partial charge >= 0.3 is 0 Å². The number of thiazole rings is 1. The van der Waals surface area contributed by atoms with Crippen LogP contribution in [-0.4, -0.2) is 24.3 Å². The molecule has 2 aromatic heterocycles. The van der Waals surface area contributed by atoms with Crippen LogP contribution in [0.1, 0.15) is 22.6 Å². The Morgan fingerprint density at radius 2 is 2.12 bits per heavy atom. The first-order valence-electron chi connectivity index (χ1n) is 7.40. The molecular weight excluding hydrogens is 346 g/mol. The second-order valence-corrected chi connectivity index (χ2v) is 8.73. The molecular formula is C16H17N3O3S2. The zero-order chi connectivity index (χ0) is 17.3. The summed E-state index contributed by atoms with van der Waals surface area (Å²) in [7, 11) is -3.83. The van der Waals surface area contributed by atoms with Crippen LogP contribution in [0, 0.1) is 13.8 Å². The molecule has 6 nitrogen and oxygen atoms in total. The summed E-state index contributed by atoms with van der Waals surface area (Å²) in [5.74, 6) is -0.525. The molecule has 0 aliphatic carbocycles. The minimum atomic E-state index is -3.83. The van der Waals surface area contributed by atoms with Gasteiger partial charge in [0.1, 0.15) is 0 Å². The van der Waals surface area contributed by atoms with Gasteiger partial charge in [-0.1, -0.05) is 11.6 Å². The standard InChI is InChI=1S/C16H17N3O3S2/c1-10-3-5-14-13(7-10)12(8-18-14)4-6-15(20)19-24(21,22)16-9-17-11(2)23-16/h3,5,7-9,18H,4,6H2,1-2H3,(H,19,20). The largest absolute Gasteiger partial charge is 0.361 e. The van der Waals surface area contributed by atoms with Crippen LogP contribution in [-0.2, 0) is 21.2 Å². The predicted molar refractivity (Wildman–Crippen MR) is 93.5 cm³/mol. The third kappa shape index (κ3) is 3.49. The summed E-state index contributed by atoms with van der Waals surface area (Å²) in [6.45, 7) is 3.72. The zero-order valence-electron chi connectivity index (χ0n) is 13.3. The first-order valence-corrected chi connectivity index (χ1v) is 9.70. The Labute approximate surface area is 144 Å². The molecule has 2 N–H and O–H groups in total. The van der Waals surface area contributed by atoms with Crippen LogP contribution in [0.2, 0.25) is 0 Å². The number of sulfonamides is 1. The smallest absolute Gasteiger partial charge is 0.275 e. The number of carbonyl (C=O) groups excluding carboxylic acids is 1. The van der Waals surface area contributed by atoms with Crippen molar-refractivity contribution in [3.8, 4) is 0 Å². The van der Waals surface area contributed by atoms with Crippen molar-refractivity contribution in [1.29, 1.82) is 0 Å². The van der Waals surface area contributed by atoms with E-state index in [0.29, 0.717) is 11.4 Å². The minimum absolute atomic E-state index is 0.0519. The Balaban J connectivity index is 1.68. The van der Waals surface area contributed by atoms with E-state index in [9.17, 15) is 13.2 Å². The molecule has 126 valence electrons. The van der Waals surface area contributed by atoms with Crippen LogP contribution in [0.3, 0.4) is 0 Å². The van der Waals surface area contributed by atoms with Gasteiger partial charge in [-0.05, 0) is 38.0 Å². The molecule has 0 saturated carbocycles. The molecule has 1 aromatic carbocycles. The molecule has 0 unspecified atom stereocenters. The molecule has 0 aliphatic heterocycles. The van der Waals surface area contributed by atoms with Crippen molar-refractivity contribution in [3.63, 3.8) is 0 Å². The highest BCUT2D eigenvalue weighted by molar-refractivity contribution is 7.92. The highest BCUT2D eigenvalue weighted by Crippen LogP contribution is 2.21. The van der Waals surface area contributed by atoms with Crippen LogP contribution in [0.25, 0.3) is 10.9 Å². The lowest BCUT2D eigenvalue weighted by Gasteiger charge is -2.04. The number of aromatic nitrogens is 2. The Bertz CT molecular complexity index is 1000. The van der Waals surface area contributed by atoms with Crippen molar-refractivity contribution in [1.82, 2.24) is 14.7 Å². The number of nitrogens with zero attached hydrogens (tertiary/aromatic N) is 1. The summed E-state index contributed by atoms with van der Waals surface area (Å²) < 4.78 is 26.4. The Morgan fingerprint density at radius 3 is 2.83 bits per heavy atom. The molecule has 3 rings (SSSR count). The highest BCUT2D eigenvalue weighted by Gasteiger charge is 2.20. The first kappa shape index (κ1) is 16.7. The molecule has 0 aliphatic rings. The van der Waals surface area contributed by atoms with Crippen LogP contribution in [0.5, 0.6) is 0 Å². The molecule has 0 atom stereocenters. The quantitative estimate of drug-likeness (QED) is 0.729. The summed E-state index contributed by atoms with van der Waals surface area (Å²) >= 11 is 1.04. The van der Waals surface area contributed by atoms with Crippen molar-refractivity contribution >= 4 is 38.2 Å². The number of H-pyrrole nitrogens is 1. The van der Waals surface area contributed by atoms with E-state index in [2.05, 4.69) is 20.8 Å². The number of nitrogens with one attached hydrogen (secondary N) is 2. The van der Waals surface area contributed by atoms with Crippen LogP contribution < -0.4 is 4.72 Å². The third-order valence-corrected chi connectivity index (χ3v) is 6.40. The lowest BCUT2D eigenvalue weighted by Crippen LogP contribution is -2.30. The molecule has 2 heterocycles. The second-order valence-electron chi connectivity index (χ2n) is 5.59. The Hall–Kier alpha value is -2.19. The van der Waals surface area contributed by atoms with Crippen LogP contribution in [0.15, 0.2) is 34.8 Å². The number of hydrogen-bond acceptors (Lipinski definition) is 5. The fraction of sp³-hybridized carbons (Fsp3) is 0.250. The topological polar surface area (TPSA) is 91.9 Å². The second kappa shape index (κ2) is 6.37. The number of aryl methyl sites for hydroxylation is 3. The van der Waals surface area contributed by atoms with Crippen LogP contribution >= 0.6 is 11.3 Å². The average molecular weight is 363 g/mol. The van der Waals surface area contributed by atoms with Gasteiger partial charge in [0.15, 0.2) is 4.21 Å². The average Bonchev–Trinajstić information content (AvgIpc) is 3.11. The highest BCUT2D eigenvalue weighted by atomic mass is 32.2. The summed E-state index contributed by atoms with van der Waals surface area (Å²) in [6.07, 6.45) is 3.68. The zero-order valence-corrected chi connectivity index (χ0v) is 14.9. The SMILES string of the molecule is Cc1ccc2[nH]cc(CCC(=O)NS(=O)(=O)c3cnc(C)s3)c2c1. The van der Waals surface area contributed by atoms with E-state index in [1.807, 2.05) is 25.3 Å². The van der Waals surface area contributed by atoms with E-state index in [1.54, 1.807) is 6.92 Å². The Morgan fingerprint density at radius 1 is 1.33 bits per heavy atom. The number of aromatic amines is 1. The molecule has 0 radical (unpaired) electrons. The number of rotatable bonds is 5. The molecule has 0 saturated heterocycles.